The molecule has 1 rings (SSSR count). The predicted octanol–water partition coefficient (Wildman–Crippen LogP) is 2.20. The maximum atomic E-state index is 13.2. The number of nitrogens with two attached hydrogens (primary N) is 1. The van der Waals surface area contributed by atoms with E-state index in [1.807, 2.05) is 0 Å². The summed E-state index contributed by atoms with van der Waals surface area (Å²) in [5.74, 6) is -2.29. The van der Waals surface area contributed by atoms with Crippen molar-refractivity contribution in [1.29, 1.82) is 0 Å². The summed E-state index contributed by atoms with van der Waals surface area (Å²) in [6, 6.07) is 2.20. The van der Waals surface area contributed by atoms with Gasteiger partial charge in [-0.05, 0) is 12.1 Å². The molecule has 0 saturated heterocycles. The van der Waals surface area contributed by atoms with E-state index < -0.39 is 11.6 Å². The molecule has 0 radical (unpaired) electrons. The van der Waals surface area contributed by atoms with Crippen LogP contribution < -0.4 is 10.5 Å². The molecule has 0 amide bonds. The second kappa shape index (κ2) is 4.93. The number of methoxy groups -OCH3 is 1. The van der Waals surface area contributed by atoms with Gasteiger partial charge in [0.05, 0.1) is 13.0 Å². The van der Waals surface area contributed by atoms with Crippen molar-refractivity contribution in [3.63, 3.8) is 0 Å². The molecular formula is C9H9ClF2N2O. The molecule has 82 valence electrons. The molecule has 0 bridgehead atoms. The van der Waals surface area contributed by atoms with Gasteiger partial charge in [-0.2, -0.15) is 4.39 Å². The fourth-order valence-corrected chi connectivity index (χ4v) is 1.05. The lowest BCUT2D eigenvalue weighted by Gasteiger charge is -2.06. The summed E-state index contributed by atoms with van der Waals surface area (Å²) in [5, 5.41) is 0. The van der Waals surface area contributed by atoms with Gasteiger partial charge >= 0.3 is 0 Å². The zero-order valence-electron chi connectivity index (χ0n) is 7.93. The maximum Gasteiger partial charge on any atom is 0.202 e. The van der Waals surface area contributed by atoms with Crippen molar-refractivity contribution in [2.75, 3.05) is 13.0 Å². The average Bonchev–Trinajstić information content (AvgIpc) is 2.24. The minimum absolute atomic E-state index is 0.00213. The van der Waals surface area contributed by atoms with Crippen LogP contribution in [0.5, 0.6) is 5.75 Å². The molecule has 0 aliphatic rings. The summed E-state index contributed by atoms with van der Waals surface area (Å²) in [5.41, 5.74) is 5.47. The van der Waals surface area contributed by atoms with E-state index in [1.54, 1.807) is 0 Å². The van der Waals surface area contributed by atoms with Gasteiger partial charge in [0.25, 0.3) is 0 Å². The third-order valence-corrected chi connectivity index (χ3v) is 1.91. The first kappa shape index (κ1) is 11.7. The Morgan fingerprint density at radius 2 is 2.20 bits per heavy atom. The fourth-order valence-electron chi connectivity index (χ4n) is 0.989. The number of aliphatic imine (C=N–C) groups is 1. The van der Waals surface area contributed by atoms with Crippen LogP contribution in [0.15, 0.2) is 17.1 Å². The highest BCUT2D eigenvalue weighted by Gasteiger charge is 2.13. The van der Waals surface area contributed by atoms with Crippen LogP contribution in [-0.2, 0) is 0 Å². The summed E-state index contributed by atoms with van der Waals surface area (Å²) >= 11 is 5.40. The van der Waals surface area contributed by atoms with Crippen LogP contribution in [0.4, 0.5) is 14.5 Å². The normalized spacial score (nSPS) is 11.6. The van der Waals surface area contributed by atoms with Gasteiger partial charge in [-0.1, -0.05) is 0 Å². The zero-order valence-corrected chi connectivity index (χ0v) is 8.68. The van der Waals surface area contributed by atoms with Gasteiger partial charge in [-0.25, -0.2) is 9.38 Å². The number of halogens is 3. The summed E-state index contributed by atoms with van der Waals surface area (Å²) < 4.78 is 30.7. The molecule has 1 aromatic rings. The molecule has 0 unspecified atom stereocenters. The second-order valence-corrected chi connectivity index (χ2v) is 2.92. The number of ether oxygens (including phenoxy) is 1. The van der Waals surface area contributed by atoms with Gasteiger partial charge in [0, 0.05) is 0 Å². The van der Waals surface area contributed by atoms with Crippen LogP contribution in [0.25, 0.3) is 0 Å². The summed E-state index contributed by atoms with van der Waals surface area (Å²) in [6.07, 6.45) is 0. The Labute approximate surface area is 90.5 Å². The van der Waals surface area contributed by atoms with Gasteiger partial charge in [0.2, 0.25) is 5.82 Å². The first-order valence-corrected chi connectivity index (χ1v) is 4.54. The molecule has 0 spiro atoms. The Hall–Kier alpha value is -1.36. The van der Waals surface area contributed by atoms with Gasteiger partial charge < -0.3 is 10.5 Å². The average molecular weight is 235 g/mol. The molecule has 6 heteroatoms. The highest BCUT2D eigenvalue weighted by molar-refractivity contribution is 6.28. The molecule has 2 N–H and O–H groups in total. The van der Waals surface area contributed by atoms with Gasteiger partial charge in [0.1, 0.15) is 11.5 Å². The van der Waals surface area contributed by atoms with Crippen LogP contribution >= 0.6 is 11.6 Å². The number of nitrogens with zero attached hydrogens (tertiary/aromatic N) is 1. The standard InChI is InChI=1S/C9H9ClF2N2O/c1-15-9-6(14-7(13)4-10)3-2-5(11)8(9)12/h2-3H,4H2,1H3,(H2,13,14). The molecule has 0 aliphatic heterocycles. The lowest BCUT2D eigenvalue weighted by atomic mass is 10.2. The van der Waals surface area contributed by atoms with E-state index in [1.165, 1.54) is 13.2 Å². The topological polar surface area (TPSA) is 47.6 Å². The third-order valence-electron chi connectivity index (χ3n) is 1.63. The Kier molecular flexibility index (Phi) is 3.85. The Morgan fingerprint density at radius 1 is 1.53 bits per heavy atom. The fraction of sp³-hybridized carbons (Fsp3) is 0.222. The molecule has 3 nitrogen and oxygen atoms in total. The zero-order chi connectivity index (χ0) is 11.4. The van der Waals surface area contributed by atoms with Crippen LogP contribution in [0.2, 0.25) is 0 Å². The van der Waals surface area contributed by atoms with E-state index in [4.69, 9.17) is 17.3 Å². The number of hydrogen-bond donors (Lipinski definition) is 1. The monoisotopic (exact) mass is 234 g/mol. The van der Waals surface area contributed by atoms with E-state index >= 15 is 0 Å². The van der Waals surface area contributed by atoms with E-state index in [-0.39, 0.29) is 23.2 Å². The molecule has 0 heterocycles. The van der Waals surface area contributed by atoms with Crippen molar-refractivity contribution in [2.45, 2.75) is 0 Å². The summed E-state index contributed by atoms with van der Waals surface area (Å²) in [7, 11) is 1.22. The minimum Gasteiger partial charge on any atom is -0.491 e. The van der Waals surface area contributed by atoms with Gasteiger partial charge in [0.15, 0.2) is 11.6 Å². The Balaban J connectivity index is 3.25. The van der Waals surface area contributed by atoms with Crippen molar-refractivity contribution in [3.05, 3.63) is 23.8 Å². The van der Waals surface area contributed by atoms with E-state index in [9.17, 15) is 8.78 Å². The van der Waals surface area contributed by atoms with Crippen molar-refractivity contribution < 1.29 is 13.5 Å². The molecule has 0 aliphatic carbocycles. The van der Waals surface area contributed by atoms with Crippen molar-refractivity contribution in [2.24, 2.45) is 10.7 Å². The first-order chi connectivity index (χ1) is 7.10. The third kappa shape index (κ3) is 2.56. The molecule has 15 heavy (non-hydrogen) atoms. The van der Waals surface area contributed by atoms with E-state index in [2.05, 4.69) is 9.73 Å². The number of hydrogen-bond acceptors (Lipinski definition) is 2. The molecule has 1 aromatic carbocycles. The number of rotatable bonds is 3. The van der Waals surface area contributed by atoms with Crippen molar-refractivity contribution in [3.8, 4) is 5.75 Å². The van der Waals surface area contributed by atoms with E-state index in [0.29, 0.717) is 0 Å². The summed E-state index contributed by atoms with van der Waals surface area (Å²) in [6.45, 7) is 0. The lowest BCUT2D eigenvalue weighted by molar-refractivity contribution is 0.373. The Morgan fingerprint density at radius 3 is 2.73 bits per heavy atom. The molecule has 0 aromatic heterocycles. The quantitative estimate of drug-likeness (QED) is 0.495. The largest absolute Gasteiger partial charge is 0.491 e. The van der Waals surface area contributed by atoms with Crippen molar-refractivity contribution in [1.82, 2.24) is 0 Å². The molecule has 0 saturated carbocycles. The number of benzene rings is 1. The SMILES string of the molecule is COc1c(N=C(N)CCl)ccc(F)c1F. The van der Waals surface area contributed by atoms with Crippen LogP contribution in [0.1, 0.15) is 0 Å². The first-order valence-electron chi connectivity index (χ1n) is 4.01. The van der Waals surface area contributed by atoms with E-state index in [0.717, 1.165) is 6.07 Å². The smallest absolute Gasteiger partial charge is 0.202 e. The summed E-state index contributed by atoms with van der Waals surface area (Å²) in [4.78, 5) is 3.78. The van der Waals surface area contributed by atoms with Crippen molar-refractivity contribution >= 4 is 23.1 Å². The molecular weight excluding hydrogens is 226 g/mol. The van der Waals surface area contributed by atoms with Gasteiger partial charge in [-0.3, -0.25) is 0 Å². The highest BCUT2D eigenvalue weighted by Crippen LogP contribution is 2.31. The van der Waals surface area contributed by atoms with Gasteiger partial charge in [-0.15, -0.1) is 11.6 Å². The maximum absolute atomic E-state index is 13.2. The van der Waals surface area contributed by atoms with Crippen LogP contribution in [-0.4, -0.2) is 18.8 Å². The lowest BCUT2D eigenvalue weighted by Crippen LogP contribution is -2.12. The molecule has 0 atom stereocenters. The minimum atomic E-state index is -1.10. The van der Waals surface area contributed by atoms with Crippen LogP contribution in [0.3, 0.4) is 0 Å². The number of alkyl halides is 1. The molecule has 0 fully saturated rings. The number of amidine groups is 1. The predicted molar refractivity (Wildman–Crippen MR) is 54.9 cm³/mol. The highest BCUT2D eigenvalue weighted by atomic mass is 35.5. The van der Waals surface area contributed by atoms with Crippen LogP contribution in [0, 0.1) is 11.6 Å². The second-order valence-electron chi connectivity index (χ2n) is 2.65. The Bertz CT molecular complexity index is 396.